The van der Waals surface area contributed by atoms with Gasteiger partial charge < -0.3 is 0 Å². The Balaban J connectivity index is 2.11. The molecule has 0 saturated heterocycles. The third kappa shape index (κ3) is 2.51. The molecule has 1 aliphatic carbocycles. The average Bonchev–Trinajstić information content (AvgIpc) is 2.30. The molecule has 1 saturated carbocycles. The van der Waals surface area contributed by atoms with Crippen molar-refractivity contribution in [3.8, 4) is 0 Å². The van der Waals surface area contributed by atoms with Crippen LogP contribution in [0.4, 0.5) is 0 Å². The van der Waals surface area contributed by atoms with Crippen LogP contribution in [0, 0.1) is 11.8 Å². The molecule has 0 bridgehead atoms. The van der Waals surface area contributed by atoms with Crippen LogP contribution < -0.4 is 0 Å². The van der Waals surface area contributed by atoms with Crippen LogP contribution >= 0.6 is 15.9 Å². The maximum Gasteiger partial charge on any atom is 0.185 e. The van der Waals surface area contributed by atoms with Crippen molar-refractivity contribution in [2.75, 3.05) is 0 Å². The van der Waals surface area contributed by atoms with Crippen LogP contribution in [0.2, 0.25) is 0 Å². The molecule has 1 aromatic heterocycles. The van der Waals surface area contributed by atoms with Crippen LogP contribution in [0.5, 0.6) is 0 Å². The van der Waals surface area contributed by atoms with E-state index in [4.69, 9.17) is 0 Å². The second-order valence-electron chi connectivity index (χ2n) is 4.65. The van der Waals surface area contributed by atoms with Crippen LogP contribution in [0.15, 0.2) is 22.8 Å². The summed E-state index contributed by atoms with van der Waals surface area (Å²) >= 11 is 3.39. The van der Waals surface area contributed by atoms with Gasteiger partial charge in [0.1, 0.15) is 5.69 Å². The molecule has 0 spiro atoms. The molecule has 1 fully saturated rings. The Kier molecular flexibility index (Phi) is 3.74. The fourth-order valence-corrected chi connectivity index (χ4v) is 2.73. The molecule has 1 aliphatic rings. The van der Waals surface area contributed by atoms with E-state index < -0.39 is 0 Å². The minimum absolute atomic E-state index is 0.183. The lowest BCUT2D eigenvalue weighted by Crippen LogP contribution is -2.22. The molecular weight excluding hydrogens is 266 g/mol. The predicted molar refractivity (Wildman–Crippen MR) is 67.4 cm³/mol. The molecule has 1 aromatic rings. The Labute approximate surface area is 105 Å². The third-order valence-electron chi connectivity index (χ3n) is 3.38. The van der Waals surface area contributed by atoms with Crippen molar-refractivity contribution >= 4 is 21.7 Å². The number of hydrogen-bond donors (Lipinski definition) is 0. The first-order valence-electron chi connectivity index (χ1n) is 5.83. The molecule has 0 amide bonds. The first-order valence-corrected chi connectivity index (χ1v) is 6.62. The van der Waals surface area contributed by atoms with Gasteiger partial charge in [0.25, 0.3) is 0 Å². The van der Waals surface area contributed by atoms with Gasteiger partial charge in [-0.3, -0.25) is 9.78 Å². The number of hydrogen-bond acceptors (Lipinski definition) is 2. The van der Waals surface area contributed by atoms with Gasteiger partial charge in [-0.25, -0.2) is 0 Å². The Hall–Kier alpha value is -0.700. The molecule has 0 atom stereocenters. The summed E-state index contributed by atoms with van der Waals surface area (Å²) < 4.78 is 0.818. The minimum Gasteiger partial charge on any atom is -0.292 e. The first-order chi connectivity index (χ1) is 7.68. The quantitative estimate of drug-likeness (QED) is 0.771. The highest BCUT2D eigenvalue weighted by Gasteiger charge is 2.26. The van der Waals surface area contributed by atoms with Gasteiger partial charge in [-0.05, 0) is 46.8 Å². The lowest BCUT2D eigenvalue weighted by Gasteiger charge is -2.24. The maximum atomic E-state index is 12.2. The Bertz CT molecular complexity index is 383. The van der Waals surface area contributed by atoms with Crippen LogP contribution in [-0.2, 0) is 0 Å². The summed E-state index contributed by atoms with van der Waals surface area (Å²) in [7, 11) is 0. The van der Waals surface area contributed by atoms with E-state index in [0.717, 1.165) is 23.2 Å². The number of rotatable bonds is 2. The molecule has 2 nitrogen and oxygen atoms in total. The number of ketones is 1. The Morgan fingerprint density at radius 2 is 2.06 bits per heavy atom. The second-order valence-corrected chi connectivity index (χ2v) is 5.51. The number of aromatic nitrogens is 1. The first kappa shape index (κ1) is 11.8. The normalized spacial score (nSPS) is 25.4. The van der Waals surface area contributed by atoms with Gasteiger partial charge in [-0.1, -0.05) is 19.8 Å². The lowest BCUT2D eigenvalue weighted by atomic mass is 9.80. The molecule has 16 heavy (non-hydrogen) atoms. The summed E-state index contributed by atoms with van der Waals surface area (Å²) in [5, 5.41) is 0. The SMILES string of the molecule is CC1CCC(C(=O)c2ncccc2Br)CC1. The molecule has 86 valence electrons. The van der Waals surface area contributed by atoms with Gasteiger partial charge >= 0.3 is 0 Å². The molecule has 0 radical (unpaired) electrons. The van der Waals surface area contributed by atoms with E-state index in [-0.39, 0.29) is 11.7 Å². The Morgan fingerprint density at radius 1 is 1.38 bits per heavy atom. The van der Waals surface area contributed by atoms with E-state index >= 15 is 0 Å². The van der Waals surface area contributed by atoms with E-state index in [1.807, 2.05) is 12.1 Å². The van der Waals surface area contributed by atoms with Crippen molar-refractivity contribution < 1.29 is 4.79 Å². The van der Waals surface area contributed by atoms with Gasteiger partial charge in [0.2, 0.25) is 0 Å². The van der Waals surface area contributed by atoms with Crippen molar-refractivity contribution in [1.82, 2.24) is 4.98 Å². The molecule has 2 rings (SSSR count). The summed E-state index contributed by atoms with van der Waals surface area (Å²) in [4.78, 5) is 16.4. The zero-order chi connectivity index (χ0) is 11.5. The van der Waals surface area contributed by atoms with Crippen molar-refractivity contribution in [1.29, 1.82) is 0 Å². The Morgan fingerprint density at radius 3 is 2.69 bits per heavy atom. The molecule has 0 aromatic carbocycles. The fourth-order valence-electron chi connectivity index (χ4n) is 2.28. The number of Topliss-reactive ketones (excluding diaryl/α,β-unsaturated/α-hetero) is 1. The second kappa shape index (κ2) is 5.09. The van der Waals surface area contributed by atoms with Crippen LogP contribution in [0.1, 0.15) is 43.1 Å². The van der Waals surface area contributed by atoms with Crippen molar-refractivity contribution in [2.24, 2.45) is 11.8 Å². The standard InChI is InChI=1S/C13H16BrNO/c1-9-4-6-10(7-5-9)13(16)12-11(14)3-2-8-15-12/h2-3,8-10H,4-7H2,1H3. The van der Waals surface area contributed by atoms with Gasteiger partial charge in [0.05, 0.1) is 0 Å². The highest BCUT2D eigenvalue weighted by atomic mass is 79.9. The average molecular weight is 282 g/mol. The number of nitrogens with zero attached hydrogens (tertiary/aromatic N) is 1. The smallest absolute Gasteiger partial charge is 0.185 e. The predicted octanol–water partition coefficient (Wildman–Crippen LogP) is 3.85. The number of carbonyl (C=O) groups excluding carboxylic acids is 1. The van der Waals surface area contributed by atoms with E-state index in [1.54, 1.807) is 6.20 Å². The molecule has 1 heterocycles. The van der Waals surface area contributed by atoms with Gasteiger partial charge in [0, 0.05) is 16.6 Å². The summed E-state index contributed by atoms with van der Waals surface area (Å²) in [6.45, 7) is 2.26. The van der Waals surface area contributed by atoms with Crippen molar-refractivity contribution in [3.05, 3.63) is 28.5 Å². The van der Waals surface area contributed by atoms with Crippen LogP contribution in [-0.4, -0.2) is 10.8 Å². The van der Waals surface area contributed by atoms with Crippen molar-refractivity contribution in [2.45, 2.75) is 32.6 Å². The lowest BCUT2D eigenvalue weighted by molar-refractivity contribution is 0.0869. The van der Waals surface area contributed by atoms with E-state index in [1.165, 1.54) is 12.8 Å². The maximum absolute atomic E-state index is 12.2. The summed E-state index contributed by atoms with van der Waals surface area (Å²) in [5.41, 5.74) is 0.599. The monoisotopic (exact) mass is 281 g/mol. The summed E-state index contributed by atoms with van der Waals surface area (Å²) in [6.07, 6.45) is 6.05. The van der Waals surface area contributed by atoms with Gasteiger partial charge in [-0.15, -0.1) is 0 Å². The molecular formula is C13H16BrNO. The summed E-state index contributed by atoms with van der Waals surface area (Å²) in [5.74, 6) is 1.16. The molecule has 3 heteroatoms. The van der Waals surface area contributed by atoms with E-state index in [0.29, 0.717) is 5.69 Å². The zero-order valence-electron chi connectivity index (χ0n) is 9.45. The van der Waals surface area contributed by atoms with Crippen molar-refractivity contribution in [3.63, 3.8) is 0 Å². The van der Waals surface area contributed by atoms with Gasteiger partial charge in [-0.2, -0.15) is 0 Å². The largest absolute Gasteiger partial charge is 0.292 e. The molecule has 0 unspecified atom stereocenters. The van der Waals surface area contributed by atoms with Crippen LogP contribution in [0.25, 0.3) is 0 Å². The molecule has 0 aliphatic heterocycles. The highest BCUT2D eigenvalue weighted by Crippen LogP contribution is 2.31. The molecule has 0 N–H and O–H groups in total. The van der Waals surface area contributed by atoms with Crippen LogP contribution in [0.3, 0.4) is 0 Å². The van der Waals surface area contributed by atoms with E-state index in [2.05, 4.69) is 27.8 Å². The number of carbonyl (C=O) groups is 1. The van der Waals surface area contributed by atoms with E-state index in [9.17, 15) is 4.79 Å². The summed E-state index contributed by atoms with van der Waals surface area (Å²) in [6, 6.07) is 3.72. The minimum atomic E-state index is 0.183. The fraction of sp³-hybridized carbons (Fsp3) is 0.538. The third-order valence-corrected chi connectivity index (χ3v) is 4.02. The zero-order valence-corrected chi connectivity index (χ0v) is 11.0. The van der Waals surface area contributed by atoms with Gasteiger partial charge in [0.15, 0.2) is 5.78 Å². The number of halogens is 1. The highest BCUT2D eigenvalue weighted by molar-refractivity contribution is 9.10. The number of pyridine rings is 1. The topological polar surface area (TPSA) is 30.0 Å².